The van der Waals surface area contributed by atoms with Crippen LogP contribution in [0.5, 0.6) is 5.75 Å². The van der Waals surface area contributed by atoms with Gasteiger partial charge in [-0.15, -0.1) is 11.3 Å². The maximum absolute atomic E-state index is 12.9. The molecule has 29 heavy (non-hydrogen) atoms. The molecule has 4 rings (SSSR count). The van der Waals surface area contributed by atoms with E-state index in [1.165, 1.54) is 17.8 Å². The number of thiophene rings is 1. The van der Waals surface area contributed by atoms with E-state index < -0.39 is 10.0 Å². The highest BCUT2D eigenvalue weighted by Crippen LogP contribution is 2.37. The number of nitrogens with one attached hydrogen (secondary N) is 2. The summed E-state index contributed by atoms with van der Waals surface area (Å²) in [7, 11) is -3.68. The fourth-order valence-electron chi connectivity index (χ4n) is 3.77. The molecule has 1 aromatic carbocycles. The zero-order valence-electron chi connectivity index (χ0n) is 16.1. The monoisotopic (exact) mass is 452 g/mol. The van der Waals surface area contributed by atoms with Crippen molar-refractivity contribution in [3.8, 4) is 5.75 Å². The van der Waals surface area contributed by atoms with Crippen LogP contribution in [0.3, 0.4) is 0 Å². The number of anilines is 2. The lowest BCUT2D eigenvalue weighted by molar-refractivity contribution is 0.155. The standard InChI is InChI=1S/C20H24N2O4S3/c1-13-10-16-17(21-20(27)25-13)11-15(26-14-6-3-2-4-7-14)12-18(16)22-29(23,24)19-8-5-9-28-19/h5,8-9,11-14,22H,2-4,6-7,10H2,1H3,(H,21,27). The second-order valence-electron chi connectivity index (χ2n) is 7.46. The van der Waals surface area contributed by atoms with Crippen LogP contribution in [0, 0.1) is 0 Å². The van der Waals surface area contributed by atoms with Crippen molar-refractivity contribution in [3.05, 3.63) is 35.2 Å². The van der Waals surface area contributed by atoms with Crippen molar-refractivity contribution in [3.63, 3.8) is 0 Å². The average molecular weight is 453 g/mol. The third kappa shape index (κ3) is 4.84. The summed E-state index contributed by atoms with van der Waals surface area (Å²) in [5.41, 5.74) is 2.03. The Morgan fingerprint density at radius 3 is 2.79 bits per heavy atom. The van der Waals surface area contributed by atoms with Gasteiger partial charge in [0.15, 0.2) is 0 Å². The Balaban J connectivity index is 1.71. The van der Waals surface area contributed by atoms with Crippen LogP contribution in [0.25, 0.3) is 0 Å². The number of hydrogen-bond acceptors (Lipinski definition) is 6. The summed E-state index contributed by atoms with van der Waals surface area (Å²) in [6, 6.07) is 6.98. The highest BCUT2D eigenvalue weighted by atomic mass is 32.2. The van der Waals surface area contributed by atoms with Gasteiger partial charge in [0.05, 0.1) is 17.5 Å². The smallest absolute Gasteiger partial charge is 0.271 e. The lowest BCUT2D eigenvalue weighted by Gasteiger charge is -2.24. The molecular weight excluding hydrogens is 428 g/mol. The summed E-state index contributed by atoms with van der Waals surface area (Å²) >= 11 is 6.44. The maximum atomic E-state index is 12.9. The van der Waals surface area contributed by atoms with Crippen LogP contribution in [0.2, 0.25) is 0 Å². The highest BCUT2D eigenvalue weighted by Gasteiger charge is 2.25. The zero-order chi connectivity index (χ0) is 20.4. The molecule has 1 atom stereocenters. The van der Waals surface area contributed by atoms with Crippen molar-refractivity contribution < 1.29 is 17.9 Å². The molecule has 2 N–H and O–H groups in total. The van der Waals surface area contributed by atoms with Crippen molar-refractivity contribution in [1.82, 2.24) is 0 Å². The van der Waals surface area contributed by atoms with Crippen molar-refractivity contribution in [2.45, 2.75) is 61.9 Å². The van der Waals surface area contributed by atoms with Gasteiger partial charge in [-0.2, -0.15) is 0 Å². The fourth-order valence-corrected chi connectivity index (χ4v) is 6.13. The summed E-state index contributed by atoms with van der Waals surface area (Å²) in [5.74, 6) is 0.629. The van der Waals surface area contributed by atoms with Crippen molar-refractivity contribution >= 4 is 50.1 Å². The minimum Gasteiger partial charge on any atom is -0.490 e. The van der Waals surface area contributed by atoms with Gasteiger partial charge in [-0.3, -0.25) is 4.72 Å². The van der Waals surface area contributed by atoms with Crippen molar-refractivity contribution in [1.29, 1.82) is 0 Å². The Morgan fingerprint density at radius 1 is 1.28 bits per heavy atom. The van der Waals surface area contributed by atoms with Gasteiger partial charge in [-0.1, -0.05) is 12.5 Å². The molecule has 0 saturated heterocycles. The Hall–Kier alpha value is -1.84. The molecule has 156 valence electrons. The van der Waals surface area contributed by atoms with Crippen molar-refractivity contribution in [2.24, 2.45) is 0 Å². The maximum Gasteiger partial charge on any atom is 0.271 e. The van der Waals surface area contributed by atoms with E-state index in [0.717, 1.165) is 36.9 Å². The zero-order valence-corrected chi connectivity index (χ0v) is 18.6. The van der Waals surface area contributed by atoms with Gasteiger partial charge < -0.3 is 14.8 Å². The molecule has 1 aromatic heterocycles. The summed E-state index contributed by atoms with van der Waals surface area (Å²) in [4.78, 5) is 0. The van der Waals surface area contributed by atoms with Gasteiger partial charge in [-0.25, -0.2) is 8.42 Å². The molecule has 0 radical (unpaired) electrons. The fraction of sp³-hybridized carbons (Fsp3) is 0.450. The molecule has 1 saturated carbocycles. The SMILES string of the molecule is CC1Cc2c(cc(OC3CCCCC3)cc2NS(=O)(=O)c2cccs2)NC(=S)O1. The first-order valence-electron chi connectivity index (χ1n) is 9.78. The van der Waals surface area contributed by atoms with Gasteiger partial charge in [0.2, 0.25) is 0 Å². The number of ether oxygens (including phenoxy) is 2. The van der Waals surface area contributed by atoms with E-state index in [1.54, 1.807) is 23.6 Å². The summed E-state index contributed by atoms with van der Waals surface area (Å²) in [5, 5.41) is 5.11. The van der Waals surface area contributed by atoms with E-state index in [4.69, 9.17) is 21.7 Å². The third-order valence-electron chi connectivity index (χ3n) is 5.12. The Kier molecular flexibility index (Phi) is 5.98. The second-order valence-corrected chi connectivity index (χ2v) is 10.7. The van der Waals surface area contributed by atoms with Gasteiger partial charge in [0.25, 0.3) is 15.2 Å². The van der Waals surface area contributed by atoms with E-state index in [-0.39, 0.29) is 21.6 Å². The first kappa shape index (κ1) is 20.4. The lowest BCUT2D eigenvalue weighted by atomic mass is 9.97. The third-order valence-corrected chi connectivity index (χ3v) is 8.08. The molecule has 6 nitrogen and oxygen atoms in total. The molecule has 2 aromatic rings. The van der Waals surface area contributed by atoms with E-state index in [9.17, 15) is 8.42 Å². The average Bonchev–Trinajstić information content (AvgIpc) is 3.16. The number of fused-ring (bicyclic) bond motifs is 1. The molecule has 1 fully saturated rings. The van der Waals surface area contributed by atoms with Crippen LogP contribution in [0.4, 0.5) is 11.4 Å². The summed E-state index contributed by atoms with van der Waals surface area (Å²) < 4.78 is 40.6. The van der Waals surface area contributed by atoms with Gasteiger partial charge >= 0.3 is 0 Å². The quantitative estimate of drug-likeness (QED) is 0.627. The summed E-state index contributed by atoms with van der Waals surface area (Å²) in [6.45, 7) is 1.91. The molecule has 9 heteroatoms. The molecule has 0 spiro atoms. The number of hydrogen-bond donors (Lipinski definition) is 2. The number of benzene rings is 1. The Morgan fingerprint density at radius 2 is 2.07 bits per heavy atom. The predicted molar refractivity (Wildman–Crippen MR) is 120 cm³/mol. The number of sulfonamides is 1. The number of thiocarbonyl (C=S) groups is 1. The van der Waals surface area contributed by atoms with Crippen LogP contribution in [0.1, 0.15) is 44.6 Å². The van der Waals surface area contributed by atoms with Crippen LogP contribution >= 0.6 is 23.6 Å². The molecule has 1 aliphatic heterocycles. The van der Waals surface area contributed by atoms with Crippen LogP contribution in [-0.4, -0.2) is 25.8 Å². The van der Waals surface area contributed by atoms with E-state index in [2.05, 4.69) is 10.0 Å². The Bertz CT molecular complexity index is 983. The van der Waals surface area contributed by atoms with E-state index in [1.807, 2.05) is 13.0 Å². The molecule has 2 aliphatic rings. The molecular formula is C20H24N2O4S3. The topological polar surface area (TPSA) is 76.7 Å². The molecule has 2 heterocycles. The molecule has 1 unspecified atom stereocenters. The predicted octanol–water partition coefficient (Wildman–Crippen LogP) is 4.92. The van der Waals surface area contributed by atoms with E-state index in [0.29, 0.717) is 17.9 Å². The van der Waals surface area contributed by atoms with Crippen LogP contribution in [0.15, 0.2) is 33.9 Å². The molecule has 0 bridgehead atoms. The number of rotatable bonds is 5. The second kappa shape index (κ2) is 8.49. The van der Waals surface area contributed by atoms with Crippen LogP contribution < -0.4 is 14.8 Å². The Labute approximate surface area is 180 Å². The summed E-state index contributed by atoms with van der Waals surface area (Å²) in [6.07, 6.45) is 6.07. The highest BCUT2D eigenvalue weighted by molar-refractivity contribution is 7.94. The minimum atomic E-state index is -3.68. The van der Waals surface area contributed by atoms with Gasteiger partial charge in [-0.05, 0) is 56.3 Å². The first-order chi connectivity index (χ1) is 13.9. The minimum absolute atomic E-state index is 0.149. The lowest BCUT2D eigenvalue weighted by Crippen LogP contribution is -2.20. The normalized spacial score (nSPS) is 20.2. The van der Waals surface area contributed by atoms with Gasteiger partial charge in [0, 0.05) is 24.1 Å². The van der Waals surface area contributed by atoms with E-state index >= 15 is 0 Å². The van der Waals surface area contributed by atoms with Crippen LogP contribution in [-0.2, 0) is 21.2 Å². The van der Waals surface area contributed by atoms with Gasteiger partial charge in [0.1, 0.15) is 16.1 Å². The van der Waals surface area contributed by atoms with Crippen molar-refractivity contribution in [2.75, 3.05) is 10.0 Å². The first-order valence-corrected chi connectivity index (χ1v) is 12.6. The molecule has 0 amide bonds. The largest absolute Gasteiger partial charge is 0.490 e. The molecule has 1 aliphatic carbocycles.